The van der Waals surface area contributed by atoms with E-state index in [1.54, 1.807) is 0 Å². The van der Waals surface area contributed by atoms with Crippen LogP contribution >= 0.6 is 0 Å². The first-order chi connectivity index (χ1) is 4.91. The maximum atomic E-state index is 2.26. The molecule has 0 atom stereocenters. The summed E-state index contributed by atoms with van der Waals surface area (Å²) in [6, 6.07) is 0. The van der Waals surface area contributed by atoms with Gasteiger partial charge in [-0.15, -0.1) is 0 Å². The molecule has 0 saturated heterocycles. The maximum Gasteiger partial charge on any atom is 0.0872 e. The topological polar surface area (TPSA) is 0 Å². The molecule has 0 rings (SSSR count). The minimum atomic E-state index is 1.31. The lowest BCUT2D eigenvalue weighted by Crippen LogP contribution is -1.78. The molecular weight excluding hydrogens is 120 g/mol. The van der Waals surface area contributed by atoms with Gasteiger partial charge in [-0.25, -0.2) is 0 Å². The third-order valence-electron chi connectivity index (χ3n) is 1.85. The molecule has 0 aromatic heterocycles. The number of rotatable bonds is 7. The van der Waals surface area contributed by atoms with E-state index < -0.39 is 0 Å². The fraction of sp³-hybridized carbons (Fsp3) is 0.900. The smallest absolute Gasteiger partial charge is 0.0654 e. The van der Waals surface area contributed by atoms with E-state index in [9.17, 15) is 0 Å². The molecule has 0 aliphatic rings. The highest BCUT2D eigenvalue weighted by Crippen LogP contribution is 2.07. The monoisotopic (exact) mass is 141 g/mol. The summed E-state index contributed by atoms with van der Waals surface area (Å²) < 4.78 is 0. The third-order valence-corrected chi connectivity index (χ3v) is 1.85. The minimum absolute atomic E-state index is 1.31. The van der Waals surface area contributed by atoms with Crippen LogP contribution in [0.15, 0.2) is 0 Å². The van der Waals surface area contributed by atoms with Crippen molar-refractivity contribution < 1.29 is 0 Å². The van der Waals surface area contributed by atoms with Crippen LogP contribution in [-0.2, 0) is 0 Å². The van der Waals surface area contributed by atoms with Crippen molar-refractivity contribution in [2.24, 2.45) is 0 Å². The van der Waals surface area contributed by atoms with Crippen molar-refractivity contribution in [3.63, 3.8) is 0 Å². The van der Waals surface area contributed by atoms with Crippen molar-refractivity contribution in [3.8, 4) is 0 Å². The van der Waals surface area contributed by atoms with Gasteiger partial charge >= 0.3 is 0 Å². The second-order valence-electron chi connectivity index (χ2n) is 2.96. The largest absolute Gasteiger partial charge is 0.0872 e. The molecule has 60 valence electrons. The van der Waals surface area contributed by atoms with Crippen LogP contribution in [0.2, 0.25) is 0 Å². The van der Waals surface area contributed by atoms with Gasteiger partial charge in [0.15, 0.2) is 0 Å². The Labute approximate surface area is 66.0 Å². The van der Waals surface area contributed by atoms with Gasteiger partial charge in [0.1, 0.15) is 0 Å². The molecule has 0 aromatic rings. The molecule has 0 N–H and O–H groups in total. The molecule has 0 heterocycles. The summed E-state index contributed by atoms with van der Waals surface area (Å²) in [6.45, 7) is 4.41. The Hall–Kier alpha value is -0.130. The average Bonchev–Trinajstić information content (AvgIpc) is 1.97. The highest BCUT2D eigenvalue weighted by molar-refractivity contribution is 4.55. The maximum absolute atomic E-state index is 2.26. The SMILES string of the molecule is C[CH+]CCCCCCCC. The molecule has 0 aliphatic carbocycles. The zero-order chi connectivity index (χ0) is 7.66. The Morgan fingerprint density at radius 2 is 1.50 bits per heavy atom. The summed E-state index contributed by atoms with van der Waals surface area (Å²) in [4.78, 5) is 0. The zero-order valence-corrected chi connectivity index (χ0v) is 7.53. The first kappa shape index (κ1) is 9.87. The van der Waals surface area contributed by atoms with E-state index in [0.717, 1.165) is 0 Å². The van der Waals surface area contributed by atoms with E-state index in [1.165, 1.54) is 44.9 Å². The Bertz CT molecular complexity index is 40.0. The lowest BCUT2D eigenvalue weighted by atomic mass is 10.1. The van der Waals surface area contributed by atoms with E-state index in [-0.39, 0.29) is 0 Å². The van der Waals surface area contributed by atoms with E-state index in [1.807, 2.05) is 0 Å². The summed E-state index contributed by atoms with van der Waals surface area (Å²) in [5, 5.41) is 0. The third kappa shape index (κ3) is 7.87. The fourth-order valence-electron chi connectivity index (χ4n) is 1.13. The Kier molecular flexibility index (Phi) is 8.75. The summed E-state index contributed by atoms with van der Waals surface area (Å²) in [5.41, 5.74) is 0. The fourth-order valence-corrected chi connectivity index (χ4v) is 1.13. The first-order valence-corrected chi connectivity index (χ1v) is 4.69. The van der Waals surface area contributed by atoms with Gasteiger partial charge in [-0.05, 0) is 12.8 Å². The molecule has 0 saturated carbocycles. The number of unbranched alkanes of at least 4 members (excludes halogenated alkanes) is 7. The van der Waals surface area contributed by atoms with Crippen LogP contribution in [-0.4, -0.2) is 0 Å². The van der Waals surface area contributed by atoms with Gasteiger partial charge < -0.3 is 0 Å². The molecule has 0 nitrogen and oxygen atoms in total. The standard InChI is InChI=1S/C10H21/c1-3-5-7-9-10-8-6-4-2/h3H,4-10H2,1-2H3/q+1. The van der Waals surface area contributed by atoms with Gasteiger partial charge in [0.2, 0.25) is 0 Å². The van der Waals surface area contributed by atoms with Crippen molar-refractivity contribution in [2.45, 2.75) is 58.8 Å². The molecular formula is C10H21+. The van der Waals surface area contributed by atoms with Crippen LogP contribution < -0.4 is 0 Å². The summed E-state index contributed by atoms with van der Waals surface area (Å²) in [7, 11) is 0. The second kappa shape index (κ2) is 8.87. The second-order valence-corrected chi connectivity index (χ2v) is 2.96. The average molecular weight is 141 g/mol. The van der Waals surface area contributed by atoms with Crippen LogP contribution in [0, 0.1) is 6.42 Å². The molecule has 0 spiro atoms. The van der Waals surface area contributed by atoms with E-state index >= 15 is 0 Å². The molecule has 10 heavy (non-hydrogen) atoms. The molecule has 0 aromatic carbocycles. The van der Waals surface area contributed by atoms with Crippen molar-refractivity contribution in [2.75, 3.05) is 0 Å². The Morgan fingerprint density at radius 3 is 2.10 bits per heavy atom. The molecule has 0 unspecified atom stereocenters. The van der Waals surface area contributed by atoms with Gasteiger partial charge in [-0.2, -0.15) is 0 Å². The van der Waals surface area contributed by atoms with Crippen molar-refractivity contribution in [3.05, 3.63) is 6.42 Å². The molecule has 0 bridgehead atoms. The van der Waals surface area contributed by atoms with Crippen LogP contribution in [0.3, 0.4) is 0 Å². The van der Waals surface area contributed by atoms with Crippen molar-refractivity contribution in [1.82, 2.24) is 0 Å². The van der Waals surface area contributed by atoms with Gasteiger partial charge in [0.05, 0.1) is 19.8 Å². The highest BCUT2D eigenvalue weighted by Gasteiger charge is 1.91. The molecule has 0 fully saturated rings. The summed E-state index contributed by atoms with van der Waals surface area (Å²) in [6.07, 6.45) is 12.1. The first-order valence-electron chi connectivity index (χ1n) is 4.69. The minimum Gasteiger partial charge on any atom is -0.0654 e. The predicted octanol–water partition coefficient (Wildman–Crippen LogP) is 3.96. The van der Waals surface area contributed by atoms with Gasteiger partial charge in [-0.1, -0.05) is 32.6 Å². The van der Waals surface area contributed by atoms with Gasteiger partial charge in [0.25, 0.3) is 0 Å². The lowest BCUT2D eigenvalue weighted by Gasteiger charge is -1.95. The van der Waals surface area contributed by atoms with Gasteiger partial charge in [0, 0.05) is 0 Å². The van der Waals surface area contributed by atoms with Crippen molar-refractivity contribution >= 4 is 0 Å². The lowest BCUT2D eigenvalue weighted by molar-refractivity contribution is 0.605. The predicted molar refractivity (Wildman–Crippen MR) is 48.0 cm³/mol. The quantitative estimate of drug-likeness (QED) is 0.372. The van der Waals surface area contributed by atoms with Crippen LogP contribution in [0.4, 0.5) is 0 Å². The normalized spacial score (nSPS) is 9.80. The van der Waals surface area contributed by atoms with Crippen LogP contribution in [0.25, 0.3) is 0 Å². The summed E-state index contributed by atoms with van der Waals surface area (Å²) in [5.74, 6) is 0. The van der Waals surface area contributed by atoms with E-state index in [0.29, 0.717) is 0 Å². The molecule has 0 radical (unpaired) electrons. The van der Waals surface area contributed by atoms with Crippen molar-refractivity contribution in [1.29, 1.82) is 0 Å². The van der Waals surface area contributed by atoms with Crippen LogP contribution in [0.5, 0.6) is 0 Å². The summed E-state index contributed by atoms with van der Waals surface area (Å²) >= 11 is 0. The van der Waals surface area contributed by atoms with E-state index in [2.05, 4.69) is 20.3 Å². The molecule has 0 amide bonds. The Morgan fingerprint density at radius 1 is 0.900 bits per heavy atom. The van der Waals surface area contributed by atoms with Gasteiger partial charge in [-0.3, -0.25) is 0 Å². The molecule has 0 heteroatoms. The van der Waals surface area contributed by atoms with E-state index in [4.69, 9.17) is 0 Å². The number of hydrogen-bond donors (Lipinski definition) is 0. The van der Waals surface area contributed by atoms with Crippen LogP contribution in [0.1, 0.15) is 58.8 Å². The highest BCUT2D eigenvalue weighted by atomic mass is 13.9. The molecule has 0 aliphatic heterocycles. The number of hydrogen-bond acceptors (Lipinski definition) is 0. The zero-order valence-electron chi connectivity index (χ0n) is 7.53. The Balaban J connectivity index is 2.65.